The molecule has 0 aromatic heterocycles. The van der Waals surface area contributed by atoms with E-state index in [2.05, 4.69) is 185 Å². The first kappa shape index (κ1) is 33.9. The number of anilines is 4. The maximum atomic E-state index is 2.57. The molecule has 0 heterocycles. The molecule has 1 saturated carbocycles. The smallest absolute Gasteiger partial charge is 0.0461 e. The highest BCUT2D eigenvalue weighted by Gasteiger charge is 2.48. The van der Waals surface area contributed by atoms with Crippen molar-refractivity contribution in [2.24, 2.45) is 10.8 Å². The average Bonchev–Trinajstić information content (AvgIpc) is 3.13. The van der Waals surface area contributed by atoms with Crippen LogP contribution < -0.4 is 9.80 Å². The van der Waals surface area contributed by atoms with Crippen LogP contribution in [-0.4, -0.2) is 0 Å². The minimum absolute atomic E-state index is 0.0176. The molecule has 7 rings (SSSR count). The lowest BCUT2D eigenvalue weighted by molar-refractivity contribution is 0.136. The first-order chi connectivity index (χ1) is 24.1. The summed E-state index contributed by atoms with van der Waals surface area (Å²) in [5.74, 6) is 0. The van der Waals surface area contributed by atoms with Crippen molar-refractivity contribution in [3.05, 3.63) is 167 Å². The number of rotatable bonds is 8. The van der Waals surface area contributed by atoms with E-state index in [1.165, 1.54) is 88.5 Å². The highest BCUT2D eigenvalue weighted by Crippen LogP contribution is 2.56. The summed E-state index contributed by atoms with van der Waals surface area (Å²) in [4.78, 5) is 4.86. The standard InChI is InChI=1S/C48H54N2/c1-36-10-18-40(19-11-36)49(41-20-12-37(2)13-21-41)43-24-16-39(17-25-43)48(30-8-7-9-31-48)47(6)34-28-45(29-35-47)50(42-22-14-38(3)15-23-42)44-26-32-46(4,5)33-27-44/h10-29,32,34H,7-9,30-31,33,35H2,1-6H3. The van der Waals surface area contributed by atoms with Gasteiger partial charge in [0.15, 0.2) is 0 Å². The zero-order chi connectivity index (χ0) is 34.9. The molecule has 0 saturated heterocycles. The van der Waals surface area contributed by atoms with Crippen molar-refractivity contribution in [3.8, 4) is 0 Å². The van der Waals surface area contributed by atoms with Crippen molar-refractivity contribution in [1.29, 1.82) is 0 Å². The van der Waals surface area contributed by atoms with Crippen LogP contribution in [0.25, 0.3) is 0 Å². The highest BCUT2D eigenvalue weighted by atomic mass is 15.2. The second-order valence-corrected chi connectivity index (χ2v) is 16.1. The molecule has 1 atom stereocenters. The van der Waals surface area contributed by atoms with Crippen LogP contribution in [0.1, 0.15) is 88.0 Å². The summed E-state index contributed by atoms with van der Waals surface area (Å²) in [7, 11) is 0. The second kappa shape index (κ2) is 13.6. The van der Waals surface area contributed by atoms with Crippen LogP contribution in [0.15, 0.2) is 145 Å². The summed E-state index contributed by atoms with van der Waals surface area (Å²) in [6, 6.07) is 36.4. The molecule has 2 heteroatoms. The fourth-order valence-corrected chi connectivity index (χ4v) is 8.47. The molecular weight excluding hydrogens is 605 g/mol. The number of hydrogen-bond donors (Lipinski definition) is 0. The molecule has 0 radical (unpaired) electrons. The van der Waals surface area contributed by atoms with E-state index in [9.17, 15) is 0 Å². The third-order valence-electron chi connectivity index (χ3n) is 11.8. The van der Waals surface area contributed by atoms with Gasteiger partial charge in [0.2, 0.25) is 0 Å². The lowest BCUT2D eigenvalue weighted by atomic mass is 9.53. The molecule has 0 aliphatic heterocycles. The van der Waals surface area contributed by atoms with Gasteiger partial charge < -0.3 is 9.80 Å². The summed E-state index contributed by atoms with van der Waals surface area (Å²) < 4.78 is 0. The molecule has 1 unspecified atom stereocenters. The third kappa shape index (κ3) is 6.65. The van der Waals surface area contributed by atoms with Crippen LogP contribution in [0.5, 0.6) is 0 Å². The lowest BCUT2D eigenvalue weighted by Gasteiger charge is -2.51. The predicted molar refractivity (Wildman–Crippen MR) is 215 cm³/mol. The molecule has 4 aromatic carbocycles. The number of aryl methyl sites for hydroxylation is 3. The Hall–Kier alpha value is -4.56. The second-order valence-electron chi connectivity index (χ2n) is 16.1. The minimum atomic E-state index is 0.0176. The van der Waals surface area contributed by atoms with Gasteiger partial charge in [0.25, 0.3) is 0 Å². The molecule has 50 heavy (non-hydrogen) atoms. The highest BCUT2D eigenvalue weighted by molar-refractivity contribution is 5.77. The van der Waals surface area contributed by atoms with Crippen LogP contribution in [0.2, 0.25) is 0 Å². The normalized spacial score (nSPS) is 20.9. The van der Waals surface area contributed by atoms with Gasteiger partial charge in [0, 0.05) is 39.6 Å². The van der Waals surface area contributed by atoms with Gasteiger partial charge in [-0.1, -0.05) is 130 Å². The number of nitrogens with zero attached hydrogens (tertiary/aromatic N) is 2. The zero-order valence-electron chi connectivity index (χ0n) is 31.0. The molecule has 3 aliphatic carbocycles. The Labute approximate surface area is 301 Å². The molecule has 0 amide bonds. The van der Waals surface area contributed by atoms with E-state index in [0.29, 0.717) is 0 Å². The quantitative estimate of drug-likeness (QED) is 0.186. The fourth-order valence-electron chi connectivity index (χ4n) is 8.47. The Bertz CT molecular complexity index is 1870. The van der Waals surface area contributed by atoms with Gasteiger partial charge in [-0.25, -0.2) is 0 Å². The van der Waals surface area contributed by atoms with Gasteiger partial charge in [0.1, 0.15) is 0 Å². The molecule has 3 aliphatic rings. The van der Waals surface area contributed by atoms with Crippen molar-refractivity contribution in [2.75, 3.05) is 9.80 Å². The molecule has 1 fully saturated rings. The fraction of sp³-hybridized carbons (Fsp3) is 0.333. The van der Waals surface area contributed by atoms with Gasteiger partial charge in [-0.05, 0) is 124 Å². The molecular formula is C48H54N2. The SMILES string of the molecule is Cc1ccc(N(C2=CCC(C)(C)C=C2)C2=CCC(C)(C3(c4ccc(N(c5ccc(C)cc5)c5ccc(C)cc5)cc4)CCCCC3)C=C2)cc1. The van der Waals surface area contributed by atoms with Crippen LogP contribution in [-0.2, 0) is 5.41 Å². The van der Waals surface area contributed by atoms with Crippen molar-refractivity contribution in [2.45, 2.75) is 91.9 Å². The summed E-state index contributed by atoms with van der Waals surface area (Å²) in [5.41, 5.74) is 12.9. The summed E-state index contributed by atoms with van der Waals surface area (Å²) >= 11 is 0. The van der Waals surface area contributed by atoms with Crippen molar-refractivity contribution < 1.29 is 0 Å². The Morgan fingerprint density at radius 3 is 1.30 bits per heavy atom. The monoisotopic (exact) mass is 658 g/mol. The molecule has 2 nitrogen and oxygen atoms in total. The van der Waals surface area contributed by atoms with E-state index in [1.807, 2.05) is 0 Å². The topological polar surface area (TPSA) is 6.48 Å². The van der Waals surface area contributed by atoms with Gasteiger partial charge in [-0.2, -0.15) is 0 Å². The summed E-state index contributed by atoms with van der Waals surface area (Å²) in [6.45, 7) is 13.6. The number of benzene rings is 4. The van der Waals surface area contributed by atoms with Crippen molar-refractivity contribution in [1.82, 2.24) is 0 Å². The van der Waals surface area contributed by atoms with Gasteiger partial charge in [-0.15, -0.1) is 0 Å². The van der Waals surface area contributed by atoms with Gasteiger partial charge in [0.05, 0.1) is 0 Å². The van der Waals surface area contributed by atoms with Gasteiger partial charge in [-0.3, -0.25) is 0 Å². The van der Waals surface area contributed by atoms with E-state index in [-0.39, 0.29) is 16.2 Å². The first-order valence-electron chi connectivity index (χ1n) is 18.8. The largest absolute Gasteiger partial charge is 0.311 e. The van der Waals surface area contributed by atoms with Gasteiger partial charge >= 0.3 is 0 Å². The molecule has 0 N–H and O–H groups in total. The summed E-state index contributed by atoms with van der Waals surface area (Å²) in [6.07, 6.45) is 23.0. The van der Waals surface area contributed by atoms with Crippen molar-refractivity contribution >= 4 is 22.7 Å². The number of allylic oxidation sites excluding steroid dienone is 6. The molecule has 256 valence electrons. The Balaban J connectivity index is 1.22. The zero-order valence-corrected chi connectivity index (χ0v) is 31.0. The van der Waals surface area contributed by atoms with Crippen LogP contribution in [0, 0.1) is 31.6 Å². The minimum Gasteiger partial charge on any atom is -0.311 e. The van der Waals surface area contributed by atoms with E-state index in [4.69, 9.17) is 0 Å². The Kier molecular flexibility index (Phi) is 9.24. The maximum Gasteiger partial charge on any atom is 0.0461 e. The first-order valence-corrected chi connectivity index (χ1v) is 18.8. The van der Waals surface area contributed by atoms with E-state index < -0.39 is 0 Å². The predicted octanol–water partition coefficient (Wildman–Crippen LogP) is 13.5. The molecule has 0 bridgehead atoms. The molecule has 4 aromatic rings. The maximum absolute atomic E-state index is 2.57. The van der Waals surface area contributed by atoms with E-state index in [1.54, 1.807) is 0 Å². The van der Waals surface area contributed by atoms with Crippen LogP contribution in [0.3, 0.4) is 0 Å². The Morgan fingerprint density at radius 1 is 0.460 bits per heavy atom. The van der Waals surface area contributed by atoms with Crippen LogP contribution >= 0.6 is 0 Å². The number of hydrogen-bond acceptors (Lipinski definition) is 2. The average molecular weight is 659 g/mol. The Morgan fingerprint density at radius 2 is 0.880 bits per heavy atom. The summed E-state index contributed by atoms with van der Waals surface area (Å²) in [5, 5.41) is 0. The third-order valence-corrected chi connectivity index (χ3v) is 11.8. The van der Waals surface area contributed by atoms with E-state index >= 15 is 0 Å². The lowest BCUT2D eigenvalue weighted by Crippen LogP contribution is -2.45. The molecule has 0 spiro atoms. The van der Waals surface area contributed by atoms with Crippen molar-refractivity contribution in [3.63, 3.8) is 0 Å². The van der Waals surface area contributed by atoms with Crippen LogP contribution in [0.4, 0.5) is 22.7 Å². The van der Waals surface area contributed by atoms with E-state index in [0.717, 1.165) is 12.8 Å².